The van der Waals surface area contributed by atoms with Crippen LogP contribution in [0.3, 0.4) is 0 Å². The number of nitrogens with one attached hydrogen (secondary N) is 1. The van der Waals surface area contributed by atoms with Crippen LogP contribution in [0, 0.1) is 10.1 Å². The Morgan fingerprint density at radius 3 is 2.35 bits per heavy atom. The number of thiocarbonyl (C=S) groups is 1. The second-order valence-corrected chi connectivity index (χ2v) is 6.84. The van der Waals surface area contributed by atoms with Crippen molar-refractivity contribution in [3.63, 3.8) is 0 Å². The van der Waals surface area contributed by atoms with E-state index in [2.05, 4.69) is 5.32 Å². The second kappa shape index (κ2) is 8.11. The van der Waals surface area contributed by atoms with Crippen molar-refractivity contribution in [2.75, 3.05) is 13.1 Å². The fourth-order valence-corrected chi connectivity index (χ4v) is 3.64. The van der Waals surface area contributed by atoms with Gasteiger partial charge >= 0.3 is 5.70 Å². The largest absolute Gasteiger partial charge is 0.364 e. The van der Waals surface area contributed by atoms with Gasteiger partial charge in [-0.15, -0.1) is 0 Å². The summed E-state index contributed by atoms with van der Waals surface area (Å²) in [6.45, 7) is 0.937. The second-order valence-electron chi connectivity index (χ2n) is 5.41. The normalized spacial score (nSPS) is 15.3. The highest BCUT2D eigenvalue weighted by molar-refractivity contribution is 8.14. The zero-order valence-electron chi connectivity index (χ0n) is 13.6. The molecule has 2 aromatic rings. The van der Waals surface area contributed by atoms with Crippen molar-refractivity contribution in [1.29, 1.82) is 0 Å². The molecule has 0 saturated carbocycles. The van der Waals surface area contributed by atoms with Crippen LogP contribution in [0.5, 0.6) is 0 Å². The maximum Gasteiger partial charge on any atom is 0.363 e. The van der Waals surface area contributed by atoms with Gasteiger partial charge in [-0.25, -0.2) is 0 Å². The quantitative estimate of drug-likeness (QED) is 0.285. The third-order valence-electron chi connectivity index (χ3n) is 3.72. The van der Waals surface area contributed by atoms with Crippen molar-refractivity contribution in [3.8, 4) is 0 Å². The van der Waals surface area contributed by atoms with Crippen LogP contribution in [0.15, 0.2) is 77.1 Å². The first-order valence-corrected chi connectivity index (χ1v) is 9.07. The molecule has 0 bridgehead atoms. The van der Waals surface area contributed by atoms with Crippen molar-refractivity contribution in [2.45, 2.75) is 4.90 Å². The molecule has 1 heterocycles. The van der Waals surface area contributed by atoms with Crippen LogP contribution in [0.1, 0.15) is 5.56 Å². The van der Waals surface area contributed by atoms with E-state index in [-0.39, 0.29) is 5.82 Å². The Morgan fingerprint density at radius 1 is 1.12 bits per heavy atom. The molecule has 6 nitrogen and oxygen atoms in total. The lowest BCUT2D eigenvalue weighted by Gasteiger charge is -2.19. The first-order valence-electron chi connectivity index (χ1n) is 7.84. The van der Waals surface area contributed by atoms with Crippen LogP contribution in [0.4, 0.5) is 0 Å². The lowest BCUT2D eigenvalue weighted by Crippen LogP contribution is -2.31. The molecular formula is C18H15N3O3S2. The SMILES string of the molecule is O=C(Sc1ccccc1)C(=C1NCCN1C(=S)c1ccccc1)[N+](=O)[O-]. The predicted octanol–water partition coefficient (Wildman–Crippen LogP) is 3.03. The van der Waals surface area contributed by atoms with Crippen LogP contribution in [0.2, 0.25) is 0 Å². The molecule has 0 atom stereocenters. The molecule has 0 amide bonds. The van der Waals surface area contributed by atoms with E-state index >= 15 is 0 Å². The molecule has 132 valence electrons. The Balaban J connectivity index is 1.93. The van der Waals surface area contributed by atoms with Gasteiger partial charge in [0, 0.05) is 23.5 Å². The summed E-state index contributed by atoms with van der Waals surface area (Å²) >= 11 is 6.32. The molecule has 8 heteroatoms. The van der Waals surface area contributed by atoms with Crippen molar-refractivity contribution in [1.82, 2.24) is 10.2 Å². The Kier molecular flexibility index (Phi) is 5.65. The Morgan fingerprint density at radius 2 is 1.73 bits per heavy atom. The van der Waals surface area contributed by atoms with Crippen molar-refractivity contribution in [2.24, 2.45) is 0 Å². The van der Waals surface area contributed by atoms with Crippen molar-refractivity contribution >= 4 is 34.1 Å². The van der Waals surface area contributed by atoms with E-state index in [0.29, 0.717) is 23.0 Å². The maximum atomic E-state index is 12.6. The summed E-state index contributed by atoms with van der Waals surface area (Å²) in [5, 5.41) is 13.9. The minimum absolute atomic E-state index is 0.150. The molecule has 0 aromatic heterocycles. The van der Waals surface area contributed by atoms with Crippen LogP contribution < -0.4 is 5.32 Å². The number of thioether (sulfide) groups is 1. The van der Waals surface area contributed by atoms with Gasteiger partial charge in [-0.1, -0.05) is 60.7 Å². The molecule has 1 saturated heterocycles. The van der Waals surface area contributed by atoms with Gasteiger partial charge in [-0.2, -0.15) is 0 Å². The summed E-state index contributed by atoms with van der Waals surface area (Å²) in [5.41, 5.74) is 0.282. The molecule has 26 heavy (non-hydrogen) atoms. The van der Waals surface area contributed by atoms with E-state index in [0.717, 1.165) is 17.3 Å². The fourth-order valence-electron chi connectivity index (χ4n) is 2.55. The number of nitrogens with zero attached hydrogens (tertiary/aromatic N) is 2. The number of nitro groups is 1. The first kappa shape index (κ1) is 18.1. The van der Waals surface area contributed by atoms with Gasteiger partial charge in [-0.05, 0) is 23.9 Å². The summed E-state index contributed by atoms with van der Waals surface area (Å²) < 4.78 is 0. The monoisotopic (exact) mass is 385 g/mol. The average molecular weight is 385 g/mol. The number of benzene rings is 2. The zero-order valence-corrected chi connectivity index (χ0v) is 15.3. The van der Waals surface area contributed by atoms with E-state index < -0.39 is 15.7 Å². The predicted molar refractivity (Wildman–Crippen MR) is 104 cm³/mol. The van der Waals surface area contributed by atoms with E-state index in [9.17, 15) is 14.9 Å². The van der Waals surface area contributed by atoms with E-state index in [1.54, 1.807) is 29.2 Å². The van der Waals surface area contributed by atoms with E-state index in [1.807, 2.05) is 36.4 Å². The molecule has 1 N–H and O–H groups in total. The average Bonchev–Trinajstić information content (AvgIpc) is 3.11. The van der Waals surface area contributed by atoms with Gasteiger partial charge in [-0.3, -0.25) is 14.9 Å². The topological polar surface area (TPSA) is 75.5 Å². The number of carbonyl (C=O) groups is 1. The maximum absolute atomic E-state index is 12.6. The molecule has 0 aliphatic carbocycles. The molecule has 0 radical (unpaired) electrons. The molecular weight excluding hydrogens is 370 g/mol. The number of hydrogen-bond acceptors (Lipinski definition) is 6. The Bertz CT molecular complexity index is 870. The lowest BCUT2D eigenvalue weighted by molar-refractivity contribution is -0.419. The van der Waals surface area contributed by atoms with Crippen molar-refractivity contribution in [3.05, 3.63) is 87.9 Å². The summed E-state index contributed by atoms with van der Waals surface area (Å²) in [4.78, 5) is 26.3. The molecule has 0 spiro atoms. The van der Waals surface area contributed by atoms with Crippen LogP contribution in [-0.2, 0) is 4.79 Å². The van der Waals surface area contributed by atoms with Crippen molar-refractivity contribution < 1.29 is 9.72 Å². The highest BCUT2D eigenvalue weighted by atomic mass is 32.2. The number of rotatable bonds is 4. The number of carbonyl (C=O) groups excluding carboxylic acids is 1. The zero-order chi connectivity index (χ0) is 18.5. The summed E-state index contributed by atoms with van der Waals surface area (Å²) in [6.07, 6.45) is 0. The molecule has 1 fully saturated rings. The molecule has 0 unspecified atom stereocenters. The minimum atomic E-state index is -0.646. The van der Waals surface area contributed by atoms with Crippen LogP contribution >= 0.6 is 24.0 Å². The molecule has 2 aromatic carbocycles. The van der Waals surface area contributed by atoms with E-state index in [1.165, 1.54) is 0 Å². The smallest absolute Gasteiger partial charge is 0.363 e. The van der Waals surface area contributed by atoms with Crippen LogP contribution in [-0.4, -0.2) is 33.0 Å². The molecule has 1 aliphatic heterocycles. The highest BCUT2D eigenvalue weighted by Gasteiger charge is 2.35. The minimum Gasteiger partial charge on any atom is -0.364 e. The lowest BCUT2D eigenvalue weighted by atomic mass is 10.2. The Labute approximate surface area is 160 Å². The number of hydrogen-bond donors (Lipinski definition) is 1. The van der Waals surface area contributed by atoms with Gasteiger partial charge in [0.1, 0.15) is 4.99 Å². The van der Waals surface area contributed by atoms with Crippen LogP contribution in [0.25, 0.3) is 0 Å². The molecule has 3 rings (SSSR count). The highest BCUT2D eigenvalue weighted by Crippen LogP contribution is 2.26. The van der Waals surface area contributed by atoms with E-state index in [4.69, 9.17) is 12.2 Å². The fraction of sp³-hybridized carbons (Fsp3) is 0.111. The Hall–Kier alpha value is -2.71. The summed E-state index contributed by atoms with van der Waals surface area (Å²) in [5.74, 6) is 0.150. The first-order chi connectivity index (χ1) is 12.6. The summed E-state index contributed by atoms with van der Waals surface area (Å²) in [6, 6.07) is 18.1. The van der Waals surface area contributed by atoms with Gasteiger partial charge in [0.05, 0.1) is 4.92 Å². The third kappa shape index (κ3) is 3.92. The van der Waals surface area contributed by atoms with Gasteiger partial charge in [0.15, 0.2) is 5.82 Å². The van der Waals surface area contributed by atoms with Gasteiger partial charge in [0.2, 0.25) is 0 Å². The summed E-state index contributed by atoms with van der Waals surface area (Å²) in [7, 11) is 0. The van der Waals surface area contributed by atoms with Gasteiger partial charge in [0.25, 0.3) is 5.12 Å². The standard InChI is InChI=1S/C18H15N3O3S2/c22-18(26-14-9-5-2-6-10-14)15(21(23)24)16-19-11-12-20(16)17(25)13-7-3-1-4-8-13/h1-10,19H,11-12H2. The third-order valence-corrected chi connectivity index (χ3v) is 5.06. The molecule has 1 aliphatic rings. The van der Waals surface area contributed by atoms with Gasteiger partial charge < -0.3 is 10.2 Å².